The van der Waals surface area contributed by atoms with Crippen LogP contribution in [-0.2, 0) is 14.4 Å². The van der Waals surface area contributed by atoms with E-state index in [1.807, 2.05) is 19.9 Å². The molecule has 0 fully saturated rings. The van der Waals surface area contributed by atoms with Gasteiger partial charge in [-0.15, -0.1) is 0 Å². The molecule has 132 valence electrons. The molecule has 0 radical (unpaired) electrons. The van der Waals surface area contributed by atoms with Crippen LogP contribution in [0.3, 0.4) is 0 Å². The Hall–Kier alpha value is -2.71. The number of carboxylic acids is 2. The van der Waals surface area contributed by atoms with Gasteiger partial charge in [0.05, 0.1) is 0 Å². The Labute approximate surface area is 139 Å². The zero-order chi connectivity index (χ0) is 18.1. The summed E-state index contributed by atoms with van der Waals surface area (Å²) in [5.74, 6) is -2.30. The quantitative estimate of drug-likeness (QED) is 0.457. The Morgan fingerprint density at radius 1 is 1.12 bits per heavy atom. The summed E-state index contributed by atoms with van der Waals surface area (Å²) in [7, 11) is 0. The van der Waals surface area contributed by atoms with E-state index in [0.717, 1.165) is 11.4 Å². The van der Waals surface area contributed by atoms with Gasteiger partial charge in [-0.05, 0) is 32.8 Å². The van der Waals surface area contributed by atoms with Gasteiger partial charge in [0.1, 0.15) is 6.04 Å². The van der Waals surface area contributed by atoms with E-state index >= 15 is 0 Å². The Morgan fingerprint density at radius 2 is 1.75 bits per heavy atom. The third-order valence-corrected chi connectivity index (χ3v) is 3.13. The van der Waals surface area contributed by atoms with Crippen LogP contribution in [0.2, 0.25) is 0 Å². The Kier molecular flexibility index (Phi) is 7.60. The molecule has 1 unspecified atom stereocenters. The first kappa shape index (κ1) is 19.3. The largest absolute Gasteiger partial charge is 0.481 e. The van der Waals surface area contributed by atoms with Crippen molar-refractivity contribution in [3.63, 3.8) is 0 Å². The lowest BCUT2D eigenvalue weighted by atomic mass is 10.1. The van der Waals surface area contributed by atoms with E-state index in [1.54, 1.807) is 0 Å². The zero-order valence-electron chi connectivity index (χ0n) is 13.7. The van der Waals surface area contributed by atoms with E-state index in [2.05, 4.69) is 20.6 Å². The van der Waals surface area contributed by atoms with Crippen LogP contribution >= 0.6 is 0 Å². The molecule has 9 heteroatoms. The van der Waals surface area contributed by atoms with E-state index in [-0.39, 0.29) is 19.3 Å². The summed E-state index contributed by atoms with van der Waals surface area (Å²) in [6.45, 7) is 4.18. The van der Waals surface area contributed by atoms with Crippen LogP contribution in [0.1, 0.15) is 37.1 Å². The predicted octanol–water partition coefficient (Wildman–Crippen LogP) is 0.720. The molecule has 1 atom stereocenters. The first-order valence-corrected chi connectivity index (χ1v) is 7.58. The summed E-state index contributed by atoms with van der Waals surface area (Å²) in [5, 5.41) is 22.9. The Balaban J connectivity index is 2.34. The number of nitrogens with one attached hydrogen (secondary N) is 2. The molecular formula is C15H22N4O5. The molecule has 1 aromatic heterocycles. The molecule has 1 heterocycles. The van der Waals surface area contributed by atoms with Crippen molar-refractivity contribution >= 4 is 23.8 Å². The van der Waals surface area contributed by atoms with E-state index in [0.29, 0.717) is 18.9 Å². The highest BCUT2D eigenvalue weighted by Gasteiger charge is 2.20. The Bertz CT molecular complexity index is 585. The first-order chi connectivity index (χ1) is 11.3. The number of amides is 1. The van der Waals surface area contributed by atoms with Crippen LogP contribution < -0.4 is 10.6 Å². The van der Waals surface area contributed by atoms with E-state index in [1.165, 1.54) is 0 Å². The number of hydrogen-bond donors (Lipinski definition) is 4. The van der Waals surface area contributed by atoms with Gasteiger partial charge in [-0.25, -0.2) is 14.8 Å². The third-order valence-electron chi connectivity index (χ3n) is 3.13. The molecule has 4 N–H and O–H groups in total. The number of carboxylic acid groups (broad SMARTS) is 2. The summed E-state index contributed by atoms with van der Waals surface area (Å²) in [6.07, 6.45) is 0.121. The number of aliphatic carboxylic acids is 2. The molecular weight excluding hydrogens is 316 g/mol. The number of aryl methyl sites for hydroxylation is 2. The van der Waals surface area contributed by atoms with Crippen molar-refractivity contribution in [2.24, 2.45) is 0 Å². The van der Waals surface area contributed by atoms with Gasteiger partial charge >= 0.3 is 11.9 Å². The van der Waals surface area contributed by atoms with E-state index in [9.17, 15) is 14.4 Å². The number of carbonyl (C=O) groups is 3. The predicted molar refractivity (Wildman–Crippen MR) is 85.7 cm³/mol. The van der Waals surface area contributed by atoms with Gasteiger partial charge in [-0.1, -0.05) is 0 Å². The maximum Gasteiger partial charge on any atom is 0.326 e. The fourth-order valence-electron chi connectivity index (χ4n) is 2.05. The molecule has 1 rings (SSSR count). The number of rotatable bonds is 10. The molecule has 0 saturated heterocycles. The smallest absolute Gasteiger partial charge is 0.326 e. The van der Waals surface area contributed by atoms with Gasteiger partial charge in [0.15, 0.2) is 0 Å². The molecule has 24 heavy (non-hydrogen) atoms. The highest BCUT2D eigenvalue weighted by atomic mass is 16.4. The standard InChI is InChI=1S/C15H22N4O5/c1-9-8-10(2)18-15(17-9)16-7-3-4-12(20)19-11(14(23)24)5-6-13(21)22/h8,11H,3-7H2,1-2H3,(H,19,20)(H,21,22)(H,23,24)(H,16,17,18). The molecule has 0 aliphatic rings. The van der Waals surface area contributed by atoms with Gasteiger partial charge in [0.25, 0.3) is 0 Å². The monoisotopic (exact) mass is 338 g/mol. The minimum Gasteiger partial charge on any atom is -0.481 e. The fraction of sp³-hybridized carbons (Fsp3) is 0.533. The van der Waals surface area contributed by atoms with Crippen LogP contribution in [0.4, 0.5) is 5.95 Å². The van der Waals surface area contributed by atoms with Crippen molar-refractivity contribution in [1.29, 1.82) is 0 Å². The van der Waals surface area contributed by atoms with Crippen molar-refractivity contribution in [3.8, 4) is 0 Å². The average molecular weight is 338 g/mol. The SMILES string of the molecule is Cc1cc(C)nc(NCCCC(=O)NC(CCC(=O)O)C(=O)O)n1. The van der Waals surface area contributed by atoms with Crippen LogP contribution in [0.25, 0.3) is 0 Å². The zero-order valence-corrected chi connectivity index (χ0v) is 13.7. The first-order valence-electron chi connectivity index (χ1n) is 7.58. The topological polar surface area (TPSA) is 142 Å². The molecule has 0 bridgehead atoms. The second-order valence-electron chi connectivity index (χ2n) is 5.40. The minimum atomic E-state index is -1.24. The molecule has 0 aliphatic heterocycles. The van der Waals surface area contributed by atoms with Gasteiger partial charge < -0.3 is 20.8 Å². The van der Waals surface area contributed by atoms with Gasteiger partial charge in [-0.3, -0.25) is 9.59 Å². The summed E-state index contributed by atoms with van der Waals surface area (Å²) < 4.78 is 0. The second kappa shape index (κ2) is 9.43. The normalized spacial score (nSPS) is 11.6. The fourth-order valence-corrected chi connectivity index (χ4v) is 2.05. The summed E-state index contributed by atoms with van der Waals surface area (Å²) in [5.41, 5.74) is 1.68. The molecule has 0 spiro atoms. The number of aromatic nitrogens is 2. The summed E-state index contributed by atoms with van der Waals surface area (Å²) >= 11 is 0. The Morgan fingerprint density at radius 3 is 2.29 bits per heavy atom. The number of carbonyl (C=O) groups excluding carboxylic acids is 1. The van der Waals surface area contributed by atoms with Crippen LogP contribution in [0.5, 0.6) is 0 Å². The third kappa shape index (κ3) is 7.52. The number of nitrogens with zero attached hydrogens (tertiary/aromatic N) is 2. The lowest BCUT2D eigenvalue weighted by Crippen LogP contribution is -2.41. The lowest BCUT2D eigenvalue weighted by Gasteiger charge is -2.13. The maximum atomic E-state index is 11.7. The molecule has 0 saturated carbocycles. The summed E-state index contributed by atoms with van der Waals surface area (Å²) in [4.78, 5) is 41.6. The van der Waals surface area contributed by atoms with Gasteiger partial charge in [0.2, 0.25) is 11.9 Å². The highest BCUT2D eigenvalue weighted by Crippen LogP contribution is 2.04. The molecule has 0 aromatic carbocycles. The molecule has 9 nitrogen and oxygen atoms in total. The van der Waals surface area contributed by atoms with Crippen molar-refractivity contribution in [2.75, 3.05) is 11.9 Å². The van der Waals surface area contributed by atoms with E-state index in [4.69, 9.17) is 10.2 Å². The van der Waals surface area contributed by atoms with Crippen LogP contribution in [-0.4, -0.2) is 50.6 Å². The van der Waals surface area contributed by atoms with Crippen LogP contribution in [0.15, 0.2) is 6.07 Å². The van der Waals surface area contributed by atoms with Crippen molar-refractivity contribution in [3.05, 3.63) is 17.5 Å². The number of hydrogen-bond acceptors (Lipinski definition) is 6. The minimum absolute atomic E-state index is 0.120. The lowest BCUT2D eigenvalue weighted by molar-refractivity contribution is -0.143. The summed E-state index contributed by atoms with van der Waals surface area (Å²) in [6, 6.07) is 0.659. The van der Waals surface area contributed by atoms with Crippen LogP contribution in [0, 0.1) is 13.8 Å². The second-order valence-corrected chi connectivity index (χ2v) is 5.40. The van der Waals surface area contributed by atoms with Crippen molar-refractivity contribution in [1.82, 2.24) is 15.3 Å². The average Bonchev–Trinajstić information content (AvgIpc) is 2.46. The molecule has 1 amide bonds. The van der Waals surface area contributed by atoms with Gasteiger partial charge in [-0.2, -0.15) is 0 Å². The van der Waals surface area contributed by atoms with Gasteiger partial charge in [0, 0.05) is 30.8 Å². The number of anilines is 1. The molecule has 1 aromatic rings. The highest BCUT2D eigenvalue weighted by molar-refractivity contribution is 5.83. The van der Waals surface area contributed by atoms with E-state index < -0.39 is 23.9 Å². The van der Waals surface area contributed by atoms with Crippen molar-refractivity contribution in [2.45, 2.75) is 45.6 Å². The molecule has 0 aliphatic carbocycles. The maximum absolute atomic E-state index is 11.7. The van der Waals surface area contributed by atoms with Crippen molar-refractivity contribution < 1.29 is 24.6 Å².